The average Bonchev–Trinajstić information content (AvgIpc) is 2.55. The summed E-state index contributed by atoms with van der Waals surface area (Å²) in [5, 5.41) is 10.5. The van der Waals surface area contributed by atoms with Gasteiger partial charge in [0.05, 0.1) is 0 Å². The maximum absolute atomic E-state index is 12.0. The highest BCUT2D eigenvalue weighted by molar-refractivity contribution is 5.96. The second-order valence-electron chi connectivity index (χ2n) is 4.61. The number of carbonyl (C=O) groups excluding carboxylic acids is 1. The first kappa shape index (κ1) is 11.9. The standard InChI is InChI=1S/C11H19N5O/c1-16-10(12)9(14-15-16)11(17)13-8-6-4-2-3-5-7-8/h8H,2-7,12H2,1H3,(H,13,17). The van der Waals surface area contributed by atoms with Crippen molar-refractivity contribution in [3.05, 3.63) is 5.69 Å². The molecule has 0 atom stereocenters. The summed E-state index contributed by atoms with van der Waals surface area (Å²) < 4.78 is 1.40. The van der Waals surface area contributed by atoms with Gasteiger partial charge in [-0.25, -0.2) is 4.68 Å². The quantitative estimate of drug-likeness (QED) is 0.747. The number of nitrogens with two attached hydrogens (primary N) is 1. The van der Waals surface area contributed by atoms with E-state index >= 15 is 0 Å². The molecule has 1 aliphatic carbocycles. The molecule has 2 rings (SSSR count). The first-order valence-electron chi connectivity index (χ1n) is 6.14. The van der Waals surface area contributed by atoms with Crippen LogP contribution in [0.3, 0.4) is 0 Å². The first-order valence-corrected chi connectivity index (χ1v) is 6.14. The van der Waals surface area contributed by atoms with Gasteiger partial charge in [-0.15, -0.1) is 5.10 Å². The summed E-state index contributed by atoms with van der Waals surface area (Å²) >= 11 is 0. The van der Waals surface area contributed by atoms with Gasteiger partial charge in [-0.1, -0.05) is 30.9 Å². The maximum atomic E-state index is 12.0. The van der Waals surface area contributed by atoms with E-state index in [-0.39, 0.29) is 17.6 Å². The van der Waals surface area contributed by atoms with Crippen molar-refractivity contribution in [1.82, 2.24) is 20.3 Å². The molecule has 1 aromatic heterocycles. The Balaban J connectivity index is 1.98. The van der Waals surface area contributed by atoms with Gasteiger partial charge in [0.1, 0.15) is 0 Å². The molecule has 0 saturated heterocycles. The molecule has 1 aromatic rings. The minimum absolute atomic E-state index is 0.206. The third-order valence-corrected chi connectivity index (χ3v) is 3.28. The molecule has 1 amide bonds. The summed E-state index contributed by atoms with van der Waals surface area (Å²) in [4.78, 5) is 12.0. The molecular formula is C11H19N5O. The van der Waals surface area contributed by atoms with E-state index in [4.69, 9.17) is 5.73 Å². The third kappa shape index (κ3) is 2.75. The van der Waals surface area contributed by atoms with E-state index in [1.807, 2.05) is 0 Å². The molecule has 0 radical (unpaired) electrons. The number of carbonyl (C=O) groups is 1. The fourth-order valence-electron chi connectivity index (χ4n) is 2.20. The predicted octanol–water partition coefficient (Wildman–Crippen LogP) is 0.850. The Morgan fingerprint density at radius 1 is 1.35 bits per heavy atom. The van der Waals surface area contributed by atoms with Crippen LogP contribution in [-0.2, 0) is 7.05 Å². The van der Waals surface area contributed by atoms with Gasteiger partial charge in [0.15, 0.2) is 11.5 Å². The van der Waals surface area contributed by atoms with Gasteiger partial charge in [-0.3, -0.25) is 4.79 Å². The zero-order chi connectivity index (χ0) is 12.3. The highest BCUT2D eigenvalue weighted by Crippen LogP contribution is 2.18. The Bertz CT molecular complexity index is 393. The summed E-state index contributed by atoms with van der Waals surface area (Å²) in [6, 6.07) is 0.256. The van der Waals surface area contributed by atoms with E-state index in [1.165, 1.54) is 30.4 Å². The van der Waals surface area contributed by atoms with Crippen LogP contribution in [0, 0.1) is 0 Å². The van der Waals surface area contributed by atoms with Crippen LogP contribution >= 0.6 is 0 Å². The Morgan fingerprint density at radius 3 is 2.53 bits per heavy atom. The fraction of sp³-hybridized carbons (Fsp3) is 0.727. The molecule has 94 valence electrons. The molecule has 6 nitrogen and oxygen atoms in total. The molecule has 17 heavy (non-hydrogen) atoms. The largest absolute Gasteiger partial charge is 0.382 e. The lowest BCUT2D eigenvalue weighted by Gasteiger charge is -2.15. The zero-order valence-corrected chi connectivity index (χ0v) is 10.1. The molecule has 1 saturated carbocycles. The zero-order valence-electron chi connectivity index (χ0n) is 10.1. The first-order chi connectivity index (χ1) is 8.18. The molecule has 1 heterocycles. The van der Waals surface area contributed by atoms with Gasteiger partial charge >= 0.3 is 0 Å². The number of hydrogen-bond acceptors (Lipinski definition) is 4. The Labute approximate surface area is 101 Å². The van der Waals surface area contributed by atoms with Gasteiger partial charge < -0.3 is 11.1 Å². The van der Waals surface area contributed by atoms with Crippen molar-refractivity contribution in [3.63, 3.8) is 0 Å². The molecule has 0 bridgehead atoms. The van der Waals surface area contributed by atoms with Crippen LogP contribution in [0.2, 0.25) is 0 Å². The van der Waals surface area contributed by atoms with E-state index in [0.29, 0.717) is 5.82 Å². The van der Waals surface area contributed by atoms with E-state index in [1.54, 1.807) is 7.05 Å². The van der Waals surface area contributed by atoms with E-state index < -0.39 is 0 Å². The molecule has 0 aliphatic heterocycles. The van der Waals surface area contributed by atoms with Crippen molar-refractivity contribution < 1.29 is 4.79 Å². The minimum atomic E-state index is -0.206. The lowest BCUT2D eigenvalue weighted by molar-refractivity contribution is 0.0929. The minimum Gasteiger partial charge on any atom is -0.382 e. The average molecular weight is 237 g/mol. The van der Waals surface area contributed by atoms with E-state index in [0.717, 1.165) is 12.8 Å². The smallest absolute Gasteiger partial charge is 0.275 e. The maximum Gasteiger partial charge on any atom is 0.275 e. The van der Waals surface area contributed by atoms with Crippen molar-refractivity contribution in [2.75, 3.05) is 5.73 Å². The number of nitrogens with zero attached hydrogens (tertiary/aromatic N) is 3. The van der Waals surface area contributed by atoms with Gasteiger partial charge in [0.25, 0.3) is 5.91 Å². The summed E-state index contributed by atoms with van der Waals surface area (Å²) in [6.45, 7) is 0. The van der Waals surface area contributed by atoms with Crippen LogP contribution in [0.15, 0.2) is 0 Å². The van der Waals surface area contributed by atoms with Crippen molar-refractivity contribution in [2.24, 2.45) is 7.05 Å². The normalized spacial score (nSPS) is 17.7. The third-order valence-electron chi connectivity index (χ3n) is 3.28. The van der Waals surface area contributed by atoms with Crippen LogP contribution in [-0.4, -0.2) is 26.9 Å². The number of nitrogen functional groups attached to an aromatic ring is 1. The fourth-order valence-corrected chi connectivity index (χ4v) is 2.20. The Morgan fingerprint density at radius 2 is 2.00 bits per heavy atom. The Hall–Kier alpha value is -1.59. The molecule has 0 spiro atoms. The highest BCUT2D eigenvalue weighted by Gasteiger charge is 2.20. The number of hydrogen-bond donors (Lipinski definition) is 2. The second kappa shape index (κ2) is 5.16. The molecule has 1 fully saturated rings. The topological polar surface area (TPSA) is 85.8 Å². The van der Waals surface area contributed by atoms with E-state index in [9.17, 15) is 4.79 Å². The number of nitrogens with one attached hydrogen (secondary N) is 1. The number of aromatic nitrogens is 3. The van der Waals surface area contributed by atoms with Crippen molar-refractivity contribution in [2.45, 2.75) is 44.6 Å². The predicted molar refractivity (Wildman–Crippen MR) is 64.4 cm³/mol. The highest BCUT2D eigenvalue weighted by atomic mass is 16.2. The van der Waals surface area contributed by atoms with Crippen molar-refractivity contribution >= 4 is 11.7 Å². The number of amides is 1. The molecule has 3 N–H and O–H groups in total. The van der Waals surface area contributed by atoms with Gasteiger partial charge in [0, 0.05) is 13.1 Å². The van der Waals surface area contributed by atoms with Crippen LogP contribution in [0.4, 0.5) is 5.82 Å². The molecule has 0 aromatic carbocycles. The lowest BCUT2D eigenvalue weighted by atomic mass is 10.1. The number of rotatable bonds is 2. The summed E-state index contributed by atoms with van der Waals surface area (Å²) in [5.41, 5.74) is 5.95. The van der Waals surface area contributed by atoms with Crippen LogP contribution in [0.5, 0.6) is 0 Å². The SMILES string of the molecule is Cn1nnc(C(=O)NC2CCCCCC2)c1N. The van der Waals surface area contributed by atoms with Crippen LogP contribution in [0.25, 0.3) is 0 Å². The summed E-state index contributed by atoms with van der Waals surface area (Å²) in [5.74, 6) is 0.110. The summed E-state index contributed by atoms with van der Waals surface area (Å²) in [7, 11) is 1.67. The van der Waals surface area contributed by atoms with Crippen LogP contribution < -0.4 is 11.1 Å². The number of aryl methyl sites for hydroxylation is 1. The van der Waals surface area contributed by atoms with Crippen LogP contribution in [0.1, 0.15) is 49.0 Å². The number of anilines is 1. The van der Waals surface area contributed by atoms with Gasteiger partial charge in [0.2, 0.25) is 0 Å². The molecular weight excluding hydrogens is 218 g/mol. The lowest BCUT2D eigenvalue weighted by Crippen LogP contribution is -2.35. The molecule has 1 aliphatic rings. The second-order valence-corrected chi connectivity index (χ2v) is 4.61. The monoisotopic (exact) mass is 237 g/mol. The Kier molecular flexibility index (Phi) is 3.61. The summed E-state index contributed by atoms with van der Waals surface area (Å²) in [6.07, 6.45) is 6.99. The van der Waals surface area contributed by atoms with Gasteiger partial charge in [-0.05, 0) is 12.8 Å². The molecule has 6 heteroatoms. The van der Waals surface area contributed by atoms with Crippen molar-refractivity contribution in [3.8, 4) is 0 Å². The van der Waals surface area contributed by atoms with E-state index in [2.05, 4.69) is 15.6 Å². The van der Waals surface area contributed by atoms with Gasteiger partial charge in [-0.2, -0.15) is 0 Å². The van der Waals surface area contributed by atoms with Crippen molar-refractivity contribution in [1.29, 1.82) is 0 Å². The molecule has 0 unspecified atom stereocenters.